The van der Waals surface area contributed by atoms with Gasteiger partial charge >= 0.3 is 0 Å². The van der Waals surface area contributed by atoms with Crippen LogP contribution < -0.4 is 5.32 Å². The van der Waals surface area contributed by atoms with Crippen LogP contribution in [0.25, 0.3) is 0 Å². The first-order valence-corrected chi connectivity index (χ1v) is 14.0. The van der Waals surface area contributed by atoms with Gasteiger partial charge in [-0.05, 0) is 57.7 Å². The lowest BCUT2D eigenvalue weighted by atomic mass is 9.84. The van der Waals surface area contributed by atoms with E-state index in [2.05, 4.69) is 15.5 Å². The number of nitrogens with zero attached hydrogens (tertiary/aromatic N) is 4. The summed E-state index contributed by atoms with van der Waals surface area (Å²) in [7, 11) is 3.96. The molecule has 1 atom stereocenters. The van der Waals surface area contributed by atoms with Crippen molar-refractivity contribution in [2.75, 3.05) is 26.4 Å². The van der Waals surface area contributed by atoms with E-state index < -0.39 is 17.5 Å². The Kier molecular flexibility index (Phi) is 10.7. The highest BCUT2D eigenvalue weighted by molar-refractivity contribution is 7.99. The van der Waals surface area contributed by atoms with Gasteiger partial charge in [-0.15, -0.1) is 10.2 Å². The largest absolute Gasteiger partial charge is 0.408 e. The first-order valence-electron chi connectivity index (χ1n) is 13.0. The van der Waals surface area contributed by atoms with Crippen LogP contribution in [0.15, 0.2) is 40.0 Å². The van der Waals surface area contributed by atoms with E-state index in [9.17, 15) is 14.4 Å². The summed E-state index contributed by atoms with van der Waals surface area (Å²) in [6, 6.07) is 8.67. The van der Waals surface area contributed by atoms with Crippen molar-refractivity contribution in [3.8, 4) is 0 Å². The Morgan fingerprint density at radius 3 is 2.46 bits per heavy atom. The minimum Gasteiger partial charge on any atom is -0.408 e. The van der Waals surface area contributed by atoms with Gasteiger partial charge in [-0.25, -0.2) is 0 Å². The van der Waals surface area contributed by atoms with E-state index >= 15 is 0 Å². The predicted molar refractivity (Wildman–Crippen MR) is 143 cm³/mol. The van der Waals surface area contributed by atoms with Crippen LogP contribution in [-0.4, -0.2) is 76.2 Å². The molecular formula is C27H39N5O4S. The number of Topliss-reactive ketones (excluding diaryl/α,β-unsaturated/α-hetero) is 1. The number of benzene rings is 1. The van der Waals surface area contributed by atoms with Crippen LogP contribution in [0.1, 0.15) is 68.6 Å². The third kappa shape index (κ3) is 8.13. The highest BCUT2D eigenvalue weighted by Crippen LogP contribution is 2.34. The van der Waals surface area contributed by atoms with Crippen molar-refractivity contribution in [1.82, 2.24) is 25.3 Å². The molecule has 1 heterocycles. The number of ketones is 1. The fourth-order valence-electron chi connectivity index (χ4n) is 4.76. The molecule has 0 spiro atoms. The second kappa shape index (κ2) is 13.7. The van der Waals surface area contributed by atoms with Gasteiger partial charge in [0.2, 0.25) is 18.1 Å². The molecule has 3 rings (SSSR count). The smallest absolute Gasteiger partial charge is 0.286 e. The lowest BCUT2D eigenvalue weighted by Crippen LogP contribution is -2.65. The van der Waals surface area contributed by atoms with Crippen LogP contribution in [0.3, 0.4) is 0 Å². The lowest BCUT2D eigenvalue weighted by Gasteiger charge is -2.48. The van der Waals surface area contributed by atoms with Crippen LogP contribution in [0, 0.1) is 5.92 Å². The molecule has 0 saturated heterocycles. The molecular weight excluding hydrogens is 490 g/mol. The van der Waals surface area contributed by atoms with Gasteiger partial charge in [0.25, 0.3) is 11.1 Å². The number of carbonyl (C=O) groups excluding carboxylic acids is 3. The van der Waals surface area contributed by atoms with Crippen molar-refractivity contribution in [2.45, 2.75) is 75.7 Å². The number of nitrogens with one attached hydrogen (secondary N) is 1. The molecule has 2 aromatic rings. The number of aromatic nitrogens is 2. The molecule has 0 aliphatic heterocycles. The molecule has 0 radical (unpaired) electrons. The highest BCUT2D eigenvalue weighted by atomic mass is 32.2. The van der Waals surface area contributed by atoms with Crippen molar-refractivity contribution in [1.29, 1.82) is 0 Å². The van der Waals surface area contributed by atoms with E-state index in [1.165, 1.54) is 16.7 Å². The van der Waals surface area contributed by atoms with E-state index in [0.29, 0.717) is 30.9 Å². The van der Waals surface area contributed by atoms with Gasteiger partial charge in [-0.2, -0.15) is 0 Å². The van der Waals surface area contributed by atoms with E-state index in [1.54, 1.807) is 0 Å². The SMILES string of the molecule is CC(C)CC(C(=O)c1nnc(SCCN(C)C)o1)N(C=O)C1(NC(=O)Cc2ccccc2)CCCCC1. The summed E-state index contributed by atoms with van der Waals surface area (Å²) in [5.74, 6) is 0.193. The molecule has 37 heavy (non-hydrogen) atoms. The molecule has 1 aliphatic rings. The Balaban J connectivity index is 1.85. The Bertz CT molecular complexity index is 1020. The van der Waals surface area contributed by atoms with Crippen LogP contribution in [0.5, 0.6) is 0 Å². The molecule has 1 saturated carbocycles. The van der Waals surface area contributed by atoms with E-state index in [-0.39, 0.29) is 24.1 Å². The number of amides is 2. The molecule has 2 amide bonds. The predicted octanol–water partition coefficient (Wildman–Crippen LogP) is 3.80. The quantitative estimate of drug-likeness (QED) is 0.170. The first kappa shape index (κ1) is 28.8. The Labute approximate surface area is 223 Å². The summed E-state index contributed by atoms with van der Waals surface area (Å²) < 4.78 is 5.71. The molecule has 1 aromatic heterocycles. The van der Waals surface area contributed by atoms with Gasteiger partial charge in [-0.3, -0.25) is 14.4 Å². The average molecular weight is 530 g/mol. The summed E-state index contributed by atoms with van der Waals surface area (Å²) in [5, 5.41) is 11.5. The van der Waals surface area contributed by atoms with Crippen molar-refractivity contribution >= 4 is 29.9 Å². The van der Waals surface area contributed by atoms with Crippen LogP contribution in [0.4, 0.5) is 0 Å². The molecule has 1 unspecified atom stereocenters. The minimum atomic E-state index is -0.940. The van der Waals surface area contributed by atoms with Crippen LogP contribution in [-0.2, 0) is 16.0 Å². The monoisotopic (exact) mass is 529 g/mol. The molecule has 9 nitrogen and oxygen atoms in total. The normalized spacial score (nSPS) is 15.9. The summed E-state index contributed by atoms with van der Waals surface area (Å²) in [5.41, 5.74) is -0.0479. The van der Waals surface area contributed by atoms with E-state index in [0.717, 1.165) is 37.1 Å². The third-order valence-corrected chi connectivity index (χ3v) is 7.38. The zero-order valence-electron chi connectivity index (χ0n) is 22.3. The van der Waals surface area contributed by atoms with E-state index in [4.69, 9.17) is 4.42 Å². The van der Waals surface area contributed by atoms with Gasteiger partial charge in [-0.1, -0.05) is 62.4 Å². The molecule has 1 aliphatic carbocycles. The molecule has 0 bridgehead atoms. The van der Waals surface area contributed by atoms with Gasteiger partial charge < -0.3 is 19.5 Å². The molecule has 1 N–H and O–H groups in total. The summed E-state index contributed by atoms with van der Waals surface area (Å²) in [6.45, 7) is 4.83. The van der Waals surface area contributed by atoms with Crippen LogP contribution >= 0.6 is 11.8 Å². The summed E-state index contributed by atoms with van der Waals surface area (Å²) in [6.07, 6.45) is 5.23. The van der Waals surface area contributed by atoms with Gasteiger partial charge in [0, 0.05) is 12.3 Å². The number of hydrogen-bond donors (Lipinski definition) is 1. The van der Waals surface area contributed by atoms with Gasteiger partial charge in [0.1, 0.15) is 11.7 Å². The number of rotatable bonds is 14. The van der Waals surface area contributed by atoms with Crippen molar-refractivity contribution in [3.63, 3.8) is 0 Å². The maximum Gasteiger partial charge on any atom is 0.286 e. The summed E-state index contributed by atoms with van der Waals surface area (Å²) in [4.78, 5) is 43.1. The Morgan fingerprint density at radius 2 is 1.84 bits per heavy atom. The van der Waals surface area contributed by atoms with Crippen molar-refractivity contribution < 1.29 is 18.8 Å². The first-order chi connectivity index (χ1) is 17.7. The maximum atomic E-state index is 13.7. The zero-order valence-corrected chi connectivity index (χ0v) is 23.1. The van der Waals surface area contributed by atoms with Gasteiger partial charge in [0.15, 0.2) is 0 Å². The second-order valence-electron chi connectivity index (χ2n) is 10.3. The third-order valence-electron chi connectivity index (χ3n) is 6.58. The zero-order chi connectivity index (χ0) is 26.8. The number of carbonyl (C=O) groups is 3. The minimum absolute atomic E-state index is 0.105. The van der Waals surface area contributed by atoms with Crippen molar-refractivity contribution in [3.05, 3.63) is 41.8 Å². The second-order valence-corrected chi connectivity index (χ2v) is 11.4. The van der Waals surface area contributed by atoms with E-state index in [1.807, 2.05) is 63.2 Å². The standard InChI is InChI=1S/C27H39N5O4S/c1-20(2)17-22(24(35)25-29-30-26(36-25)37-16-15-31(3)4)32(19-33)27(13-9-6-10-14-27)28-23(34)18-21-11-7-5-8-12-21/h5,7-8,11-12,19-20,22H,6,9-10,13-18H2,1-4H3,(H,28,34). The molecule has 202 valence electrons. The molecule has 1 fully saturated rings. The highest BCUT2D eigenvalue weighted by Gasteiger charge is 2.45. The maximum absolute atomic E-state index is 13.7. The molecule has 1 aromatic carbocycles. The molecule has 10 heteroatoms. The Hall–Kier alpha value is -2.72. The fraction of sp³-hybridized carbons (Fsp3) is 0.593. The average Bonchev–Trinajstić information content (AvgIpc) is 3.33. The van der Waals surface area contributed by atoms with Crippen LogP contribution in [0.2, 0.25) is 0 Å². The Morgan fingerprint density at radius 1 is 1.14 bits per heavy atom. The number of thioether (sulfide) groups is 1. The topological polar surface area (TPSA) is 109 Å². The lowest BCUT2D eigenvalue weighted by molar-refractivity contribution is -0.136. The van der Waals surface area contributed by atoms with Gasteiger partial charge in [0.05, 0.1) is 6.42 Å². The summed E-state index contributed by atoms with van der Waals surface area (Å²) >= 11 is 1.39. The van der Waals surface area contributed by atoms with Crippen molar-refractivity contribution in [2.24, 2.45) is 5.92 Å². The fourth-order valence-corrected chi connectivity index (χ4v) is 5.63. The number of hydrogen-bond acceptors (Lipinski definition) is 8.